The number of piperazine rings is 1. The zero-order valence-electron chi connectivity index (χ0n) is 16.1. The first kappa shape index (κ1) is 20.9. The topological polar surface area (TPSA) is 82.6 Å². The number of nitrogens with one attached hydrogen (secondary N) is 1. The molecule has 3 rings (SSSR count). The van der Waals surface area contributed by atoms with Crippen molar-refractivity contribution in [1.82, 2.24) is 14.2 Å². The van der Waals surface area contributed by atoms with Crippen LogP contribution in [0, 0.1) is 0 Å². The molecule has 1 unspecified atom stereocenters. The summed E-state index contributed by atoms with van der Waals surface area (Å²) in [6.07, 6.45) is 5.82. The molecule has 2 heterocycles. The van der Waals surface area contributed by atoms with E-state index < -0.39 is 11.0 Å². The number of nitrogens with zero attached hydrogens (tertiary/aromatic N) is 3. The van der Waals surface area contributed by atoms with E-state index in [0.29, 0.717) is 49.6 Å². The fraction of sp³-hybridized carbons (Fsp3) is 0.286. The summed E-state index contributed by atoms with van der Waals surface area (Å²) in [4.78, 5) is 30.3. The van der Waals surface area contributed by atoms with Gasteiger partial charge in [0.1, 0.15) is 11.0 Å². The predicted octanol–water partition coefficient (Wildman–Crippen LogP) is 2.01. The van der Waals surface area contributed by atoms with E-state index in [1.54, 1.807) is 36.7 Å². The first-order valence-corrected chi connectivity index (χ1v) is 10.5. The maximum absolute atomic E-state index is 12.8. The normalized spacial score (nSPS) is 15.5. The highest BCUT2D eigenvalue weighted by atomic mass is 32.2. The van der Waals surface area contributed by atoms with E-state index >= 15 is 0 Å². The first-order chi connectivity index (χ1) is 14.1. The number of hydrogen-bond donors (Lipinski definition) is 1. The molecule has 1 aliphatic rings. The Morgan fingerprint density at radius 2 is 1.86 bits per heavy atom. The molecule has 2 aromatic rings. The summed E-state index contributed by atoms with van der Waals surface area (Å²) in [5, 5.41) is 2.66. The summed E-state index contributed by atoms with van der Waals surface area (Å²) in [6.45, 7) is 5.64. The van der Waals surface area contributed by atoms with E-state index in [0.717, 1.165) is 5.56 Å². The van der Waals surface area contributed by atoms with Crippen LogP contribution in [-0.2, 0) is 27.0 Å². The number of hydrogen-bond acceptors (Lipinski definition) is 4. The summed E-state index contributed by atoms with van der Waals surface area (Å²) >= 11 is 0. The lowest BCUT2D eigenvalue weighted by Crippen LogP contribution is -2.49. The Morgan fingerprint density at radius 3 is 2.48 bits per heavy atom. The quantitative estimate of drug-likeness (QED) is 0.705. The number of aryl methyl sites for hydroxylation is 1. The average molecular weight is 413 g/mol. The van der Waals surface area contributed by atoms with E-state index in [1.165, 1.54) is 6.08 Å². The zero-order chi connectivity index (χ0) is 20.6. The van der Waals surface area contributed by atoms with Gasteiger partial charge in [0.2, 0.25) is 11.8 Å². The van der Waals surface area contributed by atoms with Crippen LogP contribution < -0.4 is 5.32 Å². The van der Waals surface area contributed by atoms with Gasteiger partial charge in [-0.05, 0) is 48.4 Å². The van der Waals surface area contributed by atoms with E-state index in [2.05, 4.69) is 16.9 Å². The van der Waals surface area contributed by atoms with Gasteiger partial charge in [-0.25, -0.2) is 8.51 Å². The third kappa shape index (κ3) is 5.82. The Bertz CT molecular complexity index is 879. The Labute approximate surface area is 173 Å². The molecule has 29 heavy (non-hydrogen) atoms. The Hall–Kier alpha value is -2.84. The van der Waals surface area contributed by atoms with Crippen molar-refractivity contribution in [2.24, 2.45) is 0 Å². The van der Waals surface area contributed by atoms with Gasteiger partial charge in [-0.3, -0.25) is 14.6 Å². The van der Waals surface area contributed by atoms with Crippen LogP contribution in [0.15, 0.2) is 66.3 Å². The van der Waals surface area contributed by atoms with E-state index in [1.807, 2.05) is 21.3 Å². The van der Waals surface area contributed by atoms with Gasteiger partial charge >= 0.3 is 0 Å². The van der Waals surface area contributed by atoms with Gasteiger partial charge < -0.3 is 10.2 Å². The van der Waals surface area contributed by atoms with E-state index in [4.69, 9.17) is 0 Å². The fourth-order valence-corrected chi connectivity index (χ4v) is 4.22. The van der Waals surface area contributed by atoms with Crippen LogP contribution in [0.1, 0.15) is 12.0 Å². The highest BCUT2D eigenvalue weighted by Gasteiger charge is 2.24. The van der Waals surface area contributed by atoms with Crippen LogP contribution >= 0.6 is 0 Å². The number of aromatic nitrogens is 1. The molecule has 0 radical (unpaired) electrons. The molecule has 8 heteroatoms. The van der Waals surface area contributed by atoms with Crippen LogP contribution in [-0.4, -0.2) is 56.4 Å². The lowest BCUT2D eigenvalue weighted by atomic mass is 10.1. The number of carbonyl (C=O) groups is 2. The second-order valence-electron chi connectivity index (χ2n) is 6.64. The second kappa shape index (κ2) is 10.1. The van der Waals surface area contributed by atoms with Crippen molar-refractivity contribution in [2.75, 3.05) is 31.5 Å². The molecule has 0 spiro atoms. The van der Waals surface area contributed by atoms with Crippen LogP contribution in [0.4, 0.5) is 5.69 Å². The smallest absolute Gasteiger partial charge is 0.247 e. The number of rotatable bonds is 7. The fourth-order valence-electron chi connectivity index (χ4n) is 3.06. The van der Waals surface area contributed by atoms with Gasteiger partial charge in [-0.2, -0.15) is 0 Å². The molecule has 0 aliphatic carbocycles. The van der Waals surface area contributed by atoms with Gasteiger partial charge in [-0.15, -0.1) is 0 Å². The number of amides is 2. The molecule has 152 valence electrons. The maximum atomic E-state index is 12.8. The third-order valence-corrected chi connectivity index (χ3v) is 6.19. The van der Waals surface area contributed by atoms with Crippen LogP contribution in [0.5, 0.6) is 0 Å². The molecule has 0 bridgehead atoms. The van der Waals surface area contributed by atoms with E-state index in [9.17, 15) is 13.8 Å². The monoisotopic (exact) mass is 412 g/mol. The molecule has 1 N–H and O–H groups in total. The highest BCUT2D eigenvalue weighted by Crippen LogP contribution is 2.17. The van der Waals surface area contributed by atoms with Gasteiger partial charge in [0.15, 0.2) is 0 Å². The average Bonchev–Trinajstić information content (AvgIpc) is 2.78. The molecule has 1 aromatic carbocycles. The molecule has 0 saturated carbocycles. The van der Waals surface area contributed by atoms with E-state index in [-0.39, 0.29) is 11.8 Å². The standard InChI is InChI=1S/C21H24N4O3S/c1-2-20(26)23-18-6-8-19(9-7-18)29(28)25-14-12-24(13-15-25)21(27)10-5-17-4-3-11-22-16-17/h2-4,6-9,11,16H,1,5,10,12-15H2,(H,23,26). The van der Waals surface area contributed by atoms with Crippen molar-refractivity contribution in [3.63, 3.8) is 0 Å². The molecule has 1 aromatic heterocycles. The highest BCUT2D eigenvalue weighted by molar-refractivity contribution is 7.82. The van der Waals surface area contributed by atoms with Crippen molar-refractivity contribution in [3.05, 3.63) is 67.0 Å². The molecule has 7 nitrogen and oxygen atoms in total. The molecule has 1 saturated heterocycles. The number of carbonyl (C=O) groups excluding carboxylic acids is 2. The SMILES string of the molecule is C=CC(=O)Nc1ccc(S(=O)N2CCN(C(=O)CCc3cccnc3)CC2)cc1. The maximum Gasteiger partial charge on any atom is 0.247 e. The van der Waals surface area contributed by atoms with Crippen molar-refractivity contribution >= 4 is 28.5 Å². The van der Waals surface area contributed by atoms with Crippen LogP contribution in [0.3, 0.4) is 0 Å². The molecule has 1 fully saturated rings. The molecule has 1 aliphatic heterocycles. The zero-order valence-corrected chi connectivity index (χ0v) is 16.9. The van der Waals surface area contributed by atoms with Crippen LogP contribution in [0.2, 0.25) is 0 Å². The Balaban J connectivity index is 1.48. The largest absolute Gasteiger partial charge is 0.340 e. The summed E-state index contributed by atoms with van der Waals surface area (Å²) in [7, 11) is -1.30. The number of anilines is 1. The summed E-state index contributed by atoms with van der Waals surface area (Å²) in [5.41, 5.74) is 1.67. The lowest BCUT2D eigenvalue weighted by molar-refractivity contribution is -0.132. The van der Waals surface area contributed by atoms with Crippen molar-refractivity contribution in [1.29, 1.82) is 0 Å². The first-order valence-electron chi connectivity index (χ1n) is 9.44. The van der Waals surface area contributed by atoms with Gasteiger partial charge in [-0.1, -0.05) is 12.6 Å². The van der Waals surface area contributed by atoms with Gasteiger partial charge in [0.25, 0.3) is 0 Å². The molecule has 2 amide bonds. The van der Waals surface area contributed by atoms with Gasteiger partial charge in [0.05, 0.1) is 4.90 Å². The minimum absolute atomic E-state index is 0.113. The van der Waals surface area contributed by atoms with Crippen molar-refractivity contribution in [2.45, 2.75) is 17.7 Å². The predicted molar refractivity (Wildman–Crippen MR) is 112 cm³/mol. The van der Waals surface area contributed by atoms with Crippen LogP contribution in [0.25, 0.3) is 0 Å². The lowest BCUT2D eigenvalue weighted by Gasteiger charge is -2.33. The minimum Gasteiger partial charge on any atom is -0.340 e. The third-order valence-electron chi connectivity index (χ3n) is 4.69. The summed E-state index contributed by atoms with van der Waals surface area (Å²) in [5.74, 6) is -0.176. The summed E-state index contributed by atoms with van der Waals surface area (Å²) < 4.78 is 14.7. The van der Waals surface area contributed by atoms with Crippen molar-refractivity contribution in [3.8, 4) is 0 Å². The second-order valence-corrected chi connectivity index (χ2v) is 8.12. The van der Waals surface area contributed by atoms with Crippen molar-refractivity contribution < 1.29 is 13.8 Å². The Morgan fingerprint density at radius 1 is 1.14 bits per heavy atom. The molecule has 1 atom stereocenters. The molecular formula is C21H24N4O3S. The Kier molecular flexibility index (Phi) is 7.26. The number of pyridine rings is 1. The molecular weight excluding hydrogens is 388 g/mol. The number of benzene rings is 1. The summed E-state index contributed by atoms with van der Waals surface area (Å²) in [6, 6.07) is 10.7. The van der Waals surface area contributed by atoms with Gasteiger partial charge in [0, 0.05) is 50.7 Å². The minimum atomic E-state index is -1.30.